The molecule has 8 nitrogen and oxygen atoms in total. The van der Waals surface area contributed by atoms with E-state index < -0.39 is 6.03 Å². The fraction of sp³-hybridized carbons (Fsp3) is 0.240. The number of carbonyl (C=O) groups is 2. The quantitative estimate of drug-likeness (QED) is 0.373. The third-order valence-corrected chi connectivity index (χ3v) is 5.52. The molecule has 0 aliphatic rings. The summed E-state index contributed by atoms with van der Waals surface area (Å²) in [5, 5.41) is 5.64. The van der Waals surface area contributed by atoms with E-state index in [-0.39, 0.29) is 18.0 Å². The number of hydrogen-bond acceptors (Lipinski definition) is 5. The van der Waals surface area contributed by atoms with Crippen LogP contribution in [-0.4, -0.2) is 35.9 Å². The van der Waals surface area contributed by atoms with Gasteiger partial charge in [-0.15, -0.1) is 0 Å². The van der Waals surface area contributed by atoms with Gasteiger partial charge in [-0.05, 0) is 68.4 Å². The van der Waals surface area contributed by atoms with Crippen LogP contribution >= 0.6 is 0 Å². The van der Waals surface area contributed by atoms with Crippen molar-refractivity contribution in [2.75, 3.05) is 25.1 Å². The van der Waals surface area contributed by atoms with Gasteiger partial charge in [0.2, 0.25) is 0 Å². The van der Waals surface area contributed by atoms with Crippen LogP contribution in [0.25, 0.3) is 0 Å². The molecule has 6 N–H and O–H groups in total. The zero-order chi connectivity index (χ0) is 23.8. The Hall–Kier alpha value is -3.91. The fourth-order valence-electron chi connectivity index (χ4n) is 3.79. The molecule has 3 rings (SSSR count). The molecule has 0 saturated carbocycles. The monoisotopic (exact) mass is 446 g/mol. The van der Waals surface area contributed by atoms with E-state index >= 15 is 0 Å². The van der Waals surface area contributed by atoms with Crippen molar-refractivity contribution in [1.82, 2.24) is 15.2 Å². The lowest BCUT2D eigenvalue weighted by molar-refractivity contribution is 0.102. The van der Waals surface area contributed by atoms with Crippen molar-refractivity contribution >= 4 is 23.3 Å². The molecule has 0 fully saturated rings. The molecule has 172 valence electrons. The van der Waals surface area contributed by atoms with Crippen LogP contribution in [0.1, 0.15) is 46.4 Å². The highest BCUT2D eigenvalue weighted by Gasteiger charge is 2.20. The summed E-state index contributed by atoms with van der Waals surface area (Å²) in [4.78, 5) is 30.6. The van der Waals surface area contributed by atoms with Crippen molar-refractivity contribution in [2.45, 2.75) is 24.9 Å². The lowest BCUT2D eigenvalue weighted by Crippen LogP contribution is -2.34. The largest absolute Gasteiger partial charge is 0.397 e. The molecule has 2 atom stereocenters. The predicted molar refractivity (Wildman–Crippen MR) is 131 cm³/mol. The Morgan fingerprint density at radius 1 is 0.970 bits per heavy atom. The second-order valence-electron chi connectivity index (χ2n) is 8.07. The number of amides is 3. The molecule has 33 heavy (non-hydrogen) atoms. The molecule has 3 amide bonds. The number of nitrogen functional groups attached to an aromatic ring is 1. The number of aromatic nitrogens is 1. The van der Waals surface area contributed by atoms with Crippen molar-refractivity contribution in [3.05, 3.63) is 89.7 Å². The second kappa shape index (κ2) is 11.1. The SMILES string of the molecule is CN(C)C(CCC(NC(N)=O)c1ccc(C(=O)Nc2ccccc2N)cc1)c1cccnc1. The number of rotatable bonds is 9. The van der Waals surface area contributed by atoms with Crippen LogP contribution in [0.15, 0.2) is 73.1 Å². The van der Waals surface area contributed by atoms with Crippen LogP contribution in [0, 0.1) is 0 Å². The molecule has 8 heteroatoms. The molecule has 0 saturated heterocycles. The summed E-state index contributed by atoms with van der Waals surface area (Å²) in [7, 11) is 4.03. The van der Waals surface area contributed by atoms with E-state index in [0.717, 1.165) is 17.5 Å². The van der Waals surface area contributed by atoms with Crippen LogP contribution in [0.2, 0.25) is 0 Å². The lowest BCUT2D eigenvalue weighted by atomic mass is 9.95. The van der Waals surface area contributed by atoms with E-state index in [4.69, 9.17) is 11.5 Å². The van der Waals surface area contributed by atoms with Crippen LogP contribution in [0.3, 0.4) is 0 Å². The number of nitrogens with one attached hydrogen (secondary N) is 2. The average Bonchev–Trinajstić information content (AvgIpc) is 2.80. The molecule has 2 unspecified atom stereocenters. The fourth-order valence-corrected chi connectivity index (χ4v) is 3.79. The van der Waals surface area contributed by atoms with Gasteiger partial charge >= 0.3 is 6.03 Å². The normalized spacial score (nSPS) is 12.7. The number of hydrogen-bond donors (Lipinski definition) is 4. The number of carbonyl (C=O) groups excluding carboxylic acids is 2. The molecular formula is C25H30N6O2. The molecule has 0 radical (unpaired) electrons. The van der Waals surface area contributed by atoms with Crippen LogP contribution in [0.4, 0.5) is 16.2 Å². The Kier molecular flexibility index (Phi) is 7.99. The number of urea groups is 1. The topological polar surface area (TPSA) is 126 Å². The van der Waals surface area contributed by atoms with Gasteiger partial charge in [-0.2, -0.15) is 0 Å². The van der Waals surface area contributed by atoms with Crippen molar-refractivity contribution in [3.8, 4) is 0 Å². The van der Waals surface area contributed by atoms with E-state index in [9.17, 15) is 9.59 Å². The molecular weight excluding hydrogens is 416 g/mol. The van der Waals surface area contributed by atoms with E-state index in [1.807, 2.05) is 50.6 Å². The Bertz CT molecular complexity index is 1070. The van der Waals surface area contributed by atoms with Crippen LogP contribution < -0.4 is 22.1 Å². The van der Waals surface area contributed by atoms with E-state index in [1.54, 1.807) is 36.5 Å². The van der Waals surface area contributed by atoms with Gasteiger partial charge in [-0.1, -0.05) is 30.3 Å². The van der Waals surface area contributed by atoms with Crippen molar-refractivity contribution in [1.29, 1.82) is 0 Å². The zero-order valence-corrected chi connectivity index (χ0v) is 18.9. The highest BCUT2D eigenvalue weighted by Crippen LogP contribution is 2.28. The summed E-state index contributed by atoms with van der Waals surface area (Å²) >= 11 is 0. The van der Waals surface area contributed by atoms with Crippen molar-refractivity contribution < 1.29 is 9.59 Å². The highest BCUT2D eigenvalue weighted by atomic mass is 16.2. The minimum Gasteiger partial charge on any atom is -0.397 e. The summed E-state index contributed by atoms with van der Waals surface area (Å²) in [6.07, 6.45) is 5.04. The Morgan fingerprint density at radius 3 is 2.30 bits per heavy atom. The summed E-state index contributed by atoms with van der Waals surface area (Å²) in [5.41, 5.74) is 14.9. The molecule has 0 aliphatic heterocycles. The van der Waals surface area contributed by atoms with E-state index in [0.29, 0.717) is 23.4 Å². The van der Waals surface area contributed by atoms with Gasteiger partial charge < -0.3 is 27.0 Å². The van der Waals surface area contributed by atoms with Gasteiger partial charge in [0.15, 0.2) is 0 Å². The maximum Gasteiger partial charge on any atom is 0.312 e. The zero-order valence-electron chi connectivity index (χ0n) is 18.9. The number of benzene rings is 2. The van der Waals surface area contributed by atoms with Crippen molar-refractivity contribution in [2.24, 2.45) is 5.73 Å². The first kappa shape index (κ1) is 23.7. The maximum absolute atomic E-state index is 12.6. The van der Waals surface area contributed by atoms with Gasteiger partial charge in [0.05, 0.1) is 17.4 Å². The standard InChI is InChI=1S/C25H30N6O2/c1-31(2)23(19-6-5-15-28-16-19)14-13-21(30-25(27)33)17-9-11-18(12-10-17)24(32)29-22-8-4-3-7-20(22)26/h3-12,15-16,21,23H,13-14,26H2,1-2H3,(H,29,32)(H3,27,30,33). The van der Waals surface area contributed by atoms with Gasteiger partial charge in [0.25, 0.3) is 5.91 Å². The summed E-state index contributed by atoms with van der Waals surface area (Å²) in [6, 6.07) is 17.4. The first-order valence-electron chi connectivity index (χ1n) is 10.7. The number of primary amides is 1. The van der Waals surface area contributed by atoms with Crippen LogP contribution in [-0.2, 0) is 0 Å². The third-order valence-electron chi connectivity index (χ3n) is 5.52. The first-order chi connectivity index (χ1) is 15.8. The van der Waals surface area contributed by atoms with Crippen LogP contribution in [0.5, 0.6) is 0 Å². The maximum atomic E-state index is 12.6. The summed E-state index contributed by atoms with van der Waals surface area (Å²) < 4.78 is 0. The molecule has 3 aromatic rings. The molecule has 0 bridgehead atoms. The summed E-state index contributed by atoms with van der Waals surface area (Å²) in [6.45, 7) is 0. The number of nitrogens with zero attached hydrogens (tertiary/aromatic N) is 2. The number of nitrogens with two attached hydrogens (primary N) is 2. The lowest BCUT2D eigenvalue weighted by Gasteiger charge is -2.27. The molecule has 0 aliphatic carbocycles. The Labute approximate surface area is 194 Å². The smallest absolute Gasteiger partial charge is 0.312 e. The Balaban J connectivity index is 1.72. The highest BCUT2D eigenvalue weighted by molar-refractivity contribution is 6.05. The number of pyridine rings is 1. The van der Waals surface area contributed by atoms with Gasteiger partial charge in [0.1, 0.15) is 0 Å². The van der Waals surface area contributed by atoms with E-state index in [2.05, 4.69) is 20.5 Å². The van der Waals surface area contributed by atoms with Crippen molar-refractivity contribution in [3.63, 3.8) is 0 Å². The number of anilines is 2. The van der Waals surface area contributed by atoms with Gasteiger partial charge in [-0.25, -0.2) is 4.79 Å². The minimum atomic E-state index is -0.593. The Morgan fingerprint density at radius 2 is 1.70 bits per heavy atom. The minimum absolute atomic E-state index is 0.136. The summed E-state index contributed by atoms with van der Waals surface area (Å²) in [5.74, 6) is -0.261. The second-order valence-corrected chi connectivity index (χ2v) is 8.07. The predicted octanol–water partition coefficient (Wildman–Crippen LogP) is 3.71. The van der Waals surface area contributed by atoms with Gasteiger partial charge in [0, 0.05) is 24.0 Å². The first-order valence-corrected chi connectivity index (χ1v) is 10.7. The average molecular weight is 447 g/mol. The molecule has 1 aromatic heterocycles. The number of para-hydroxylation sites is 2. The molecule has 2 aromatic carbocycles. The van der Waals surface area contributed by atoms with Gasteiger partial charge in [-0.3, -0.25) is 9.78 Å². The third kappa shape index (κ3) is 6.54. The molecule has 0 spiro atoms. The van der Waals surface area contributed by atoms with E-state index in [1.165, 1.54) is 0 Å². The molecule has 1 heterocycles.